The van der Waals surface area contributed by atoms with Crippen molar-refractivity contribution in [1.82, 2.24) is 4.90 Å². The van der Waals surface area contributed by atoms with Gasteiger partial charge in [0.05, 0.1) is 17.8 Å². The van der Waals surface area contributed by atoms with Crippen LogP contribution in [0.4, 0.5) is 10.1 Å². The number of benzene rings is 2. The molecule has 3 aliphatic rings. The van der Waals surface area contributed by atoms with Crippen molar-refractivity contribution in [3.05, 3.63) is 65.0 Å². The zero-order valence-electron chi connectivity index (χ0n) is 17.1. The first-order chi connectivity index (χ1) is 14.6. The molecule has 5 nitrogen and oxygen atoms in total. The van der Waals surface area contributed by atoms with Gasteiger partial charge in [0.15, 0.2) is 0 Å². The summed E-state index contributed by atoms with van der Waals surface area (Å²) in [5.74, 6) is -1.27. The molecule has 5 rings (SSSR count). The van der Waals surface area contributed by atoms with Crippen LogP contribution in [0.5, 0.6) is 0 Å². The summed E-state index contributed by atoms with van der Waals surface area (Å²) in [6, 6.07) is 13.9. The molecule has 6 heteroatoms. The van der Waals surface area contributed by atoms with Gasteiger partial charge < -0.3 is 15.4 Å². The lowest BCUT2D eigenvalue weighted by Gasteiger charge is -2.45. The van der Waals surface area contributed by atoms with Crippen LogP contribution < -0.4 is 10.6 Å². The number of piperazine rings is 1. The quantitative estimate of drug-likeness (QED) is 0.844. The van der Waals surface area contributed by atoms with Crippen LogP contribution in [-0.4, -0.2) is 43.0 Å². The molecule has 0 bridgehead atoms. The minimum atomic E-state index is -0.729. The highest BCUT2D eigenvalue weighted by molar-refractivity contribution is 5.93. The van der Waals surface area contributed by atoms with E-state index in [1.165, 1.54) is 23.3 Å². The minimum absolute atomic E-state index is 0.0516. The Kier molecular flexibility index (Phi) is 4.99. The fraction of sp³-hybridized carbons (Fsp3) is 0.458. The highest BCUT2D eigenvalue weighted by atomic mass is 19.1. The van der Waals surface area contributed by atoms with E-state index in [9.17, 15) is 9.18 Å². The fourth-order valence-electron chi connectivity index (χ4n) is 5.48. The summed E-state index contributed by atoms with van der Waals surface area (Å²) < 4.78 is 20.4. The molecule has 0 unspecified atom stereocenters. The monoisotopic (exact) mass is 409 g/mol. The number of nitrogens with two attached hydrogens (primary N) is 1. The third-order valence-corrected chi connectivity index (χ3v) is 7.19. The van der Waals surface area contributed by atoms with Crippen LogP contribution in [0, 0.1) is 5.82 Å². The van der Waals surface area contributed by atoms with Gasteiger partial charge in [0.1, 0.15) is 5.82 Å². The standard InChI is InChI=1S/C24H28FN3O2/c25-22-15-19(5-6-20(22)23(26)29)28-13-11-27(12-14-28)18-7-9-24(10-8-18)21-4-2-1-3-17(21)16-30-24/h1-6,15,18H,7-14,16H2,(H2,26,29). The molecule has 1 aliphatic carbocycles. The SMILES string of the molecule is NC(=O)c1ccc(N2CCN(C3CCC4(CC3)OCc3ccccc34)CC2)cc1F. The van der Waals surface area contributed by atoms with E-state index in [4.69, 9.17) is 10.5 Å². The van der Waals surface area contributed by atoms with Gasteiger partial charge in [0.25, 0.3) is 5.91 Å². The number of amides is 1. The summed E-state index contributed by atoms with van der Waals surface area (Å²) in [6.45, 7) is 4.39. The summed E-state index contributed by atoms with van der Waals surface area (Å²) in [4.78, 5) is 16.0. The second-order valence-electron chi connectivity index (χ2n) is 8.72. The largest absolute Gasteiger partial charge is 0.369 e. The summed E-state index contributed by atoms with van der Waals surface area (Å²) in [5.41, 5.74) is 8.64. The smallest absolute Gasteiger partial charge is 0.251 e. The lowest BCUT2D eigenvalue weighted by molar-refractivity contribution is -0.0777. The van der Waals surface area contributed by atoms with Gasteiger partial charge in [-0.1, -0.05) is 24.3 Å². The number of rotatable bonds is 3. The highest BCUT2D eigenvalue weighted by Gasteiger charge is 2.43. The number of primary amides is 1. The van der Waals surface area contributed by atoms with E-state index >= 15 is 0 Å². The predicted molar refractivity (Wildman–Crippen MR) is 114 cm³/mol. The number of hydrogen-bond acceptors (Lipinski definition) is 4. The maximum atomic E-state index is 14.1. The summed E-state index contributed by atoms with van der Waals surface area (Å²) in [7, 11) is 0. The van der Waals surface area contributed by atoms with Gasteiger partial charge in [-0.3, -0.25) is 9.69 Å². The second-order valence-corrected chi connectivity index (χ2v) is 8.72. The van der Waals surface area contributed by atoms with Gasteiger partial charge >= 0.3 is 0 Å². The number of anilines is 1. The van der Waals surface area contributed by atoms with Crippen molar-refractivity contribution in [2.75, 3.05) is 31.1 Å². The van der Waals surface area contributed by atoms with Crippen molar-refractivity contribution in [3.63, 3.8) is 0 Å². The van der Waals surface area contributed by atoms with E-state index in [2.05, 4.69) is 34.1 Å². The Morgan fingerprint density at radius 1 is 1.07 bits per heavy atom. The molecule has 2 N–H and O–H groups in total. The molecule has 30 heavy (non-hydrogen) atoms. The minimum Gasteiger partial charge on any atom is -0.369 e. The number of nitrogens with zero attached hydrogens (tertiary/aromatic N) is 2. The molecule has 1 spiro atoms. The average Bonchev–Trinajstić information content (AvgIpc) is 3.12. The number of hydrogen-bond donors (Lipinski definition) is 1. The van der Waals surface area contributed by atoms with Gasteiger partial charge in [0, 0.05) is 37.9 Å². The topological polar surface area (TPSA) is 58.8 Å². The number of halogens is 1. The van der Waals surface area contributed by atoms with Crippen LogP contribution in [0.25, 0.3) is 0 Å². The van der Waals surface area contributed by atoms with Crippen LogP contribution in [0.3, 0.4) is 0 Å². The maximum absolute atomic E-state index is 14.1. The number of ether oxygens (including phenoxy) is 1. The normalized spacial score (nSPS) is 26.7. The molecule has 1 amide bonds. The van der Waals surface area contributed by atoms with Crippen LogP contribution in [0.1, 0.15) is 47.2 Å². The van der Waals surface area contributed by atoms with Gasteiger partial charge in [-0.2, -0.15) is 0 Å². The van der Waals surface area contributed by atoms with Crippen molar-refractivity contribution in [3.8, 4) is 0 Å². The van der Waals surface area contributed by atoms with E-state index in [1.54, 1.807) is 6.07 Å². The number of fused-ring (bicyclic) bond motifs is 2. The van der Waals surface area contributed by atoms with E-state index in [1.807, 2.05) is 0 Å². The Morgan fingerprint density at radius 3 is 2.50 bits per heavy atom. The fourth-order valence-corrected chi connectivity index (χ4v) is 5.48. The highest BCUT2D eigenvalue weighted by Crippen LogP contribution is 2.47. The van der Waals surface area contributed by atoms with Crippen LogP contribution in [-0.2, 0) is 16.9 Å². The molecule has 2 fully saturated rings. The van der Waals surface area contributed by atoms with Crippen molar-refractivity contribution in [2.45, 2.75) is 43.9 Å². The molecule has 158 valence electrons. The number of carbonyl (C=O) groups excluding carboxylic acids is 1. The van der Waals surface area contributed by atoms with Gasteiger partial charge in [-0.25, -0.2) is 4.39 Å². The van der Waals surface area contributed by atoms with Crippen LogP contribution in [0.15, 0.2) is 42.5 Å². The molecular formula is C24H28FN3O2. The third-order valence-electron chi connectivity index (χ3n) is 7.19. The van der Waals surface area contributed by atoms with E-state index < -0.39 is 11.7 Å². The Morgan fingerprint density at radius 2 is 1.80 bits per heavy atom. The van der Waals surface area contributed by atoms with Gasteiger partial charge in [-0.05, 0) is 55.0 Å². The Bertz CT molecular complexity index is 947. The molecule has 1 saturated heterocycles. The van der Waals surface area contributed by atoms with Crippen molar-refractivity contribution in [1.29, 1.82) is 0 Å². The predicted octanol–water partition coefficient (Wildman–Crippen LogP) is 3.41. The Labute approximate surface area is 176 Å². The first kappa shape index (κ1) is 19.5. The molecule has 0 atom stereocenters. The summed E-state index contributed by atoms with van der Waals surface area (Å²) in [6.07, 6.45) is 4.45. The first-order valence-electron chi connectivity index (χ1n) is 10.9. The van der Waals surface area contributed by atoms with E-state index in [0.29, 0.717) is 6.04 Å². The Balaban J connectivity index is 1.19. The zero-order valence-corrected chi connectivity index (χ0v) is 17.1. The molecule has 2 aliphatic heterocycles. The average molecular weight is 410 g/mol. The van der Waals surface area contributed by atoms with Crippen LogP contribution in [0.2, 0.25) is 0 Å². The Hall–Kier alpha value is -2.44. The molecule has 2 heterocycles. The maximum Gasteiger partial charge on any atom is 0.251 e. The van der Waals surface area contributed by atoms with Gasteiger partial charge in [-0.15, -0.1) is 0 Å². The van der Waals surface area contributed by atoms with Crippen molar-refractivity contribution in [2.24, 2.45) is 5.73 Å². The molecule has 0 radical (unpaired) electrons. The summed E-state index contributed by atoms with van der Waals surface area (Å²) >= 11 is 0. The molecule has 2 aromatic rings. The van der Waals surface area contributed by atoms with Crippen molar-refractivity contribution >= 4 is 11.6 Å². The molecule has 1 saturated carbocycles. The third kappa shape index (κ3) is 3.38. The second kappa shape index (κ2) is 7.67. The van der Waals surface area contributed by atoms with Crippen molar-refractivity contribution < 1.29 is 13.9 Å². The molecule has 2 aromatic carbocycles. The van der Waals surface area contributed by atoms with Crippen LogP contribution >= 0.6 is 0 Å². The van der Waals surface area contributed by atoms with Gasteiger partial charge in [0.2, 0.25) is 0 Å². The summed E-state index contributed by atoms with van der Waals surface area (Å²) in [5, 5.41) is 0. The van der Waals surface area contributed by atoms with E-state index in [-0.39, 0.29) is 11.2 Å². The molecule has 0 aromatic heterocycles. The van der Waals surface area contributed by atoms with E-state index in [0.717, 1.165) is 64.2 Å². The zero-order chi connectivity index (χ0) is 20.7. The lowest BCUT2D eigenvalue weighted by atomic mass is 9.77. The lowest BCUT2D eigenvalue weighted by Crippen LogP contribution is -2.52. The molecular weight excluding hydrogens is 381 g/mol. The number of carbonyl (C=O) groups is 1. The first-order valence-corrected chi connectivity index (χ1v) is 10.9.